The Hall–Kier alpha value is -0.640. The Morgan fingerprint density at radius 3 is 2.70 bits per heavy atom. The fourth-order valence-corrected chi connectivity index (χ4v) is 3.59. The van der Waals surface area contributed by atoms with Crippen molar-refractivity contribution in [2.75, 3.05) is 26.2 Å². The van der Waals surface area contributed by atoms with Gasteiger partial charge in [0.1, 0.15) is 5.82 Å². The average molecular weight is 297 g/mol. The average Bonchev–Trinajstić information content (AvgIpc) is 2.97. The van der Waals surface area contributed by atoms with Gasteiger partial charge in [-0.25, -0.2) is 4.39 Å². The van der Waals surface area contributed by atoms with E-state index >= 15 is 0 Å². The molecule has 2 aliphatic rings. The summed E-state index contributed by atoms with van der Waals surface area (Å²) in [6.07, 6.45) is 5.25. The first kappa shape index (κ1) is 14.3. The molecule has 0 N–H and O–H groups in total. The van der Waals surface area contributed by atoms with Crippen molar-refractivity contribution in [3.8, 4) is 0 Å². The van der Waals surface area contributed by atoms with Gasteiger partial charge in [-0.1, -0.05) is 17.7 Å². The maximum Gasteiger partial charge on any atom is 0.142 e. The molecule has 2 saturated heterocycles. The first-order valence-corrected chi connectivity index (χ1v) is 8.00. The zero-order valence-electron chi connectivity index (χ0n) is 11.8. The molecule has 0 bridgehead atoms. The Morgan fingerprint density at radius 1 is 1.15 bits per heavy atom. The molecule has 0 amide bonds. The molecule has 2 heterocycles. The van der Waals surface area contributed by atoms with Crippen molar-refractivity contribution in [2.45, 2.75) is 38.3 Å². The van der Waals surface area contributed by atoms with Gasteiger partial charge in [0.2, 0.25) is 0 Å². The Labute approximate surface area is 125 Å². The number of hydrogen-bond acceptors (Lipinski definition) is 2. The van der Waals surface area contributed by atoms with Crippen molar-refractivity contribution < 1.29 is 4.39 Å². The summed E-state index contributed by atoms with van der Waals surface area (Å²) in [6.45, 7) is 5.58. The van der Waals surface area contributed by atoms with Gasteiger partial charge in [0.05, 0.1) is 5.02 Å². The fraction of sp³-hybridized carbons (Fsp3) is 0.625. The van der Waals surface area contributed by atoms with E-state index < -0.39 is 0 Å². The molecule has 2 nitrogen and oxygen atoms in total. The van der Waals surface area contributed by atoms with E-state index in [1.807, 2.05) is 6.07 Å². The molecule has 1 atom stereocenters. The molecule has 1 unspecified atom stereocenters. The number of hydrogen-bond donors (Lipinski definition) is 0. The summed E-state index contributed by atoms with van der Waals surface area (Å²) in [5.74, 6) is -0.308. The van der Waals surface area contributed by atoms with Crippen LogP contribution in [0.5, 0.6) is 0 Å². The van der Waals surface area contributed by atoms with Crippen LogP contribution >= 0.6 is 11.6 Å². The van der Waals surface area contributed by atoms with E-state index in [9.17, 15) is 4.39 Å². The highest BCUT2D eigenvalue weighted by atomic mass is 35.5. The minimum absolute atomic E-state index is 0.210. The topological polar surface area (TPSA) is 6.48 Å². The molecule has 3 rings (SSSR count). The highest BCUT2D eigenvalue weighted by Crippen LogP contribution is 2.22. The van der Waals surface area contributed by atoms with E-state index in [1.165, 1.54) is 38.8 Å². The van der Waals surface area contributed by atoms with Gasteiger partial charge in [0, 0.05) is 19.1 Å². The lowest BCUT2D eigenvalue weighted by Gasteiger charge is -2.37. The van der Waals surface area contributed by atoms with Crippen LogP contribution in [-0.2, 0) is 6.54 Å². The fourth-order valence-electron chi connectivity index (χ4n) is 3.48. The molecule has 0 radical (unpaired) electrons. The number of piperidine rings is 1. The second kappa shape index (κ2) is 6.42. The molecule has 2 aliphatic heterocycles. The Morgan fingerprint density at radius 2 is 1.95 bits per heavy atom. The lowest BCUT2D eigenvalue weighted by atomic mass is 10.0. The van der Waals surface area contributed by atoms with Crippen LogP contribution in [0.1, 0.15) is 31.2 Å². The van der Waals surface area contributed by atoms with Crippen molar-refractivity contribution in [3.63, 3.8) is 0 Å². The zero-order chi connectivity index (χ0) is 13.9. The van der Waals surface area contributed by atoms with Crippen LogP contribution in [0.2, 0.25) is 5.02 Å². The summed E-state index contributed by atoms with van der Waals surface area (Å²) >= 11 is 5.74. The minimum atomic E-state index is -0.308. The number of likely N-dealkylation sites (tertiary alicyclic amines) is 2. The molecule has 0 saturated carbocycles. The van der Waals surface area contributed by atoms with Crippen LogP contribution in [0.15, 0.2) is 18.2 Å². The normalized spacial score (nSPS) is 25.2. The van der Waals surface area contributed by atoms with E-state index in [0.717, 1.165) is 25.2 Å². The van der Waals surface area contributed by atoms with E-state index in [-0.39, 0.29) is 10.8 Å². The van der Waals surface area contributed by atoms with Gasteiger partial charge < -0.3 is 0 Å². The number of rotatable bonds is 3. The van der Waals surface area contributed by atoms with Gasteiger partial charge in [-0.15, -0.1) is 0 Å². The van der Waals surface area contributed by atoms with Crippen LogP contribution in [0.3, 0.4) is 0 Å². The van der Waals surface area contributed by atoms with Crippen molar-refractivity contribution in [1.82, 2.24) is 9.80 Å². The molecule has 0 aliphatic carbocycles. The highest BCUT2D eigenvalue weighted by molar-refractivity contribution is 6.30. The van der Waals surface area contributed by atoms with Crippen molar-refractivity contribution >= 4 is 11.6 Å². The number of halogens is 2. The standard InChI is InChI=1S/C16H22ClFN2/c17-15-6-5-13(10-16(15)18)11-19-7-3-4-14(12-19)20-8-1-2-9-20/h5-6,10,14H,1-4,7-9,11-12H2. The van der Waals surface area contributed by atoms with Crippen LogP contribution in [0.25, 0.3) is 0 Å². The van der Waals surface area contributed by atoms with Gasteiger partial charge in [-0.2, -0.15) is 0 Å². The predicted molar refractivity (Wildman–Crippen MR) is 80.5 cm³/mol. The molecular weight excluding hydrogens is 275 g/mol. The van der Waals surface area contributed by atoms with E-state index in [1.54, 1.807) is 12.1 Å². The summed E-state index contributed by atoms with van der Waals surface area (Å²) in [4.78, 5) is 5.09. The molecule has 0 spiro atoms. The third kappa shape index (κ3) is 3.33. The monoisotopic (exact) mass is 296 g/mol. The zero-order valence-corrected chi connectivity index (χ0v) is 12.6. The highest BCUT2D eigenvalue weighted by Gasteiger charge is 2.26. The second-order valence-electron chi connectivity index (χ2n) is 6.02. The first-order valence-electron chi connectivity index (χ1n) is 7.63. The van der Waals surface area contributed by atoms with Gasteiger partial charge in [0.25, 0.3) is 0 Å². The van der Waals surface area contributed by atoms with Crippen molar-refractivity contribution in [3.05, 3.63) is 34.6 Å². The molecule has 4 heteroatoms. The molecular formula is C16H22ClFN2. The molecule has 1 aromatic rings. The van der Waals surface area contributed by atoms with Gasteiger partial charge in [-0.05, 0) is 63.0 Å². The van der Waals surface area contributed by atoms with Crippen molar-refractivity contribution in [1.29, 1.82) is 0 Å². The lowest BCUT2D eigenvalue weighted by molar-refractivity contribution is 0.110. The third-order valence-corrected chi connectivity index (χ3v) is 4.83. The number of nitrogens with zero attached hydrogens (tertiary/aromatic N) is 2. The van der Waals surface area contributed by atoms with Gasteiger partial charge in [0.15, 0.2) is 0 Å². The van der Waals surface area contributed by atoms with Crippen LogP contribution < -0.4 is 0 Å². The summed E-state index contributed by atoms with van der Waals surface area (Å²) in [5, 5.41) is 0.210. The molecule has 0 aromatic heterocycles. The quantitative estimate of drug-likeness (QED) is 0.842. The maximum absolute atomic E-state index is 13.5. The SMILES string of the molecule is Fc1cc(CN2CCCC(N3CCCC3)C2)ccc1Cl. The Balaban J connectivity index is 1.60. The maximum atomic E-state index is 13.5. The van der Waals surface area contributed by atoms with E-state index in [4.69, 9.17) is 11.6 Å². The van der Waals surface area contributed by atoms with E-state index in [2.05, 4.69) is 9.80 Å². The van der Waals surface area contributed by atoms with Crippen LogP contribution in [-0.4, -0.2) is 42.0 Å². The molecule has 1 aromatic carbocycles. The van der Waals surface area contributed by atoms with E-state index in [0.29, 0.717) is 6.04 Å². The second-order valence-corrected chi connectivity index (χ2v) is 6.43. The Bertz CT molecular complexity index is 460. The summed E-state index contributed by atoms with van der Waals surface area (Å²) in [5.41, 5.74) is 1.02. The first-order chi connectivity index (χ1) is 9.72. The lowest BCUT2D eigenvalue weighted by Crippen LogP contribution is -2.46. The van der Waals surface area contributed by atoms with Gasteiger partial charge >= 0.3 is 0 Å². The summed E-state index contributed by atoms with van der Waals surface area (Å²) in [6, 6.07) is 5.87. The molecule has 20 heavy (non-hydrogen) atoms. The summed E-state index contributed by atoms with van der Waals surface area (Å²) in [7, 11) is 0. The summed E-state index contributed by atoms with van der Waals surface area (Å²) < 4.78 is 13.5. The van der Waals surface area contributed by atoms with Crippen LogP contribution in [0.4, 0.5) is 4.39 Å². The molecule has 110 valence electrons. The Kier molecular flexibility index (Phi) is 4.59. The largest absolute Gasteiger partial charge is 0.299 e. The van der Waals surface area contributed by atoms with Crippen LogP contribution in [0, 0.1) is 5.82 Å². The number of benzene rings is 1. The van der Waals surface area contributed by atoms with Gasteiger partial charge in [-0.3, -0.25) is 9.80 Å². The van der Waals surface area contributed by atoms with Crippen molar-refractivity contribution in [2.24, 2.45) is 0 Å². The third-order valence-electron chi connectivity index (χ3n) is 4.53. The predicted octanol–water partition coefficient (Wildman–Crippen LogP) is 3.54. The minimum Gasteiger partial charge on any atom is -0.299 e. The molecule has 2 fully saturated rings. The smallest absolute Gasteiger partial charge is 0.142 e.